The van der Waals surface area contributed by atoms with Crippen LogP contribution in [0.3, 0.4) is 0 Å². The van der Waals surface area contributed by atoms with Gasteiger partial charge in [-0.2, -0.15) is 5.26 Å². The normalized spacial score (nSPS) is 14.1. The summed E-state index contributed by atoms with van der Waals surface area (Å²) in [5, 5.41) is 31.6. The molecule has 0 spiro atoms. The summed E-state index contributed by atoms with van der Waals surface area (Å²) in [6, 6.07) is 17.7. The Hall–Kier alpha value is -4.66. The molecule has 1 unspecified atom stereocenters. The summed E-state index contributed by atoms with van der Waals surface area (Å²) in [5.74, 6) is 0.491. The number of aliphatic carboxylic acids is 1. The Labute approximate surface area is 304 Å². The molecule has 3 N–H and O–H groups in total. The number of aliphatic hydroxyl groups excluding tert-OH is 1. The minimum Gasteiger partial charge on any atom is -0.493 e. The number of pyridine rings is 1. The van der Waals surface area contributed by atoms with Crippen molar-refractivity contribution in [2.24, 2.45) is 0 Å². The Morgan fingerprint density at radius 1 is 0.980 bits per heavy atom. The number of rotatable bonds is 17. The molecule has 1 aliphatic heterocycles. The molecule has 5 rings (SSSR count). The first-order valence-corrected chi connectivity index (χ1v) is 17.6. The highest BCUT2D eigenvalue weighted by molar-refractivity contribution is 6.32. The Morgan fingerprint density at radius 2 is 1.71 bits per heavy atom. The number of hydrogen-bond acceptors (Lipinski definition) is 9. The van der Waals surface area contributed by atoms with E-state index >= 15 is 0 Å². The topological polar surface area (TPSA) is 137 Å². The predicted octanol–water partition coefficient (Wildman–Crippen LogP) is 7.01. The van der Waals surface area contributed by atoms with Gasteiger partial charge in [0, 0.05) is 42.2 Å². The molecular formula is C40H45ClN4O6. The number of aliphatic hydroxyl groups is 1. The highest BCUT2D eigenvalue weighted by Crippen LogP contribution is 2.38. The largest absolute Gasteiger partial charge is 0.493 e. The van der Waals surface area contributed by atoms with E-state index in [0.29, 0.717) is 39.8 Å². The van der Waals surface area contributed by atoms with Crippen molar-refractivity contribution >= 4 is 17.6 Å². The molecule has 1 saturated heterocycles. The molecule has 1 aliphatic rings. The van der Waals surface area contributed by atoms with Crippen LogP contribution in [-0.4, -0.2) is 65.0 Å². The zero-order valence-electron chi connectivity index (χ0n) is 29.3. The highest BCUT2D eigenvalue weighted by atomic mass is 35.5. The number of carbonyl (C=O) groups is 1. The molecule has 268 valence electrons. The van der Waals surface area contributed by atoms with Gasteiger partial charge in [-0.25, -0.2) is 0 Å². The lowest BCUT2D eigenvalue weighted by Crippen LogP contribution is -2.41. The van der Waals surface area contributed by atoms with Gasteiger partial charge in [0.15, 0.2) is 0 Å². The standard InChI is InChI=1S/C40H45ClN4O6/c1-26-31(9-6-10-32(26)33-11-7-12-37(27(33)2)49-16-8-15-45-13-4-5-14-45)25-51-39-19-38(50-24-30-17-29(20-42)21-43-22-30)34(18-35(39)41)28(3)44-36(23-46)40(47)48/h6-7,9-12,17-19,21-22,28,36,44,46H,4-5,8,13-16,23-25H2,1-3H3,(H,47,48)/t28?,36-/m0/s1. The van der Waals surface area contributed by atoms with Gasteiger partial charge in [-0.3, -0.25) is 15.1 Å². The molecule has 2 heterocycles. The number of carboxylic acids is 1. The van der Waals surface area contributed by atoms with E-state index in [2.05, 4.69) is 47.3 Å². The molecule has 0 aliphatic carbocycles. The summed E-state index contributed by atoms with van der Waals surface area (Å²) >= 11 is 6.76. The number of hydrogen-bond donors (Lipinski definition) is 3. The Balaban J connectivity index is 1.34. The average molecular weight is 713 g/mol. The monoisotopic (exact) mass is 712 g/mol. The molecule has 10 nitrogen and oxygen atoms in total. The van der Waals surface area contributed by atoms with Crippen LogP contribution in [0.15, 0.2) is 67.0 Å². The van der Waals surface area contributed by atoms with Crippen LogP contribution in [0.4, 0.5) is 0 Å². The van der Waals surface area contributed by atoms with Gasteiger partial charge in [-0.1, -0.05) is 41.9 Å². The van der Waals surface area contributed by atoms with Gasteiger partial charge in [0.05, 0.1) is 23.8 Å². The fourth-order valence-electron chi connectivity index (χ4n) is 6.33. The van der Waals surface area contributed by atoms with Gasteiger partial charge in [-0.15, -0.1) is 0 Å². The van der Waals surface area contributed by atoms with Crippen LogP contribution in [-0.2, 0) is 18.0 Å². The number of nitrogens with one attached hydrogen (secondary N) is 1. The van der Waals surface area contributed by atoms with E-state index in [0.717, 1.165) is 46.5 Å². The lowest BCUT2D eigenvalue weighted by molar-refractivity contribution is -0.140. The van der Waals surface area contributed by atoms with E-state index in [4.69, 9.17) is 25.8 Å². The van der Waals surface area contributed by atoms with E-state index in [9.17, 15) is 20.3 Å². The second-order valence-electron chi connectivity index (χ2n) is 12.8. The highest BCUT2D eigenvalue weighted by Gasteiger charge is 2.23. The maximum absolute atomic E-state index is 11.6. The minimum absolute atomic E-state index is 0.0907. The lowest BCUT2D eigenvalue weighted by atomic mass is 9.93. The van der Waals surface area contributed by atoms with Crippen LogP contribution in [0, 0.1) is 25.2 Å². The van der Waals surface area contributed by atoms with Crippen molar-refractivity contribution in [1.82, 2.24) is 15.2 Å². The third kappa shape index (κ3) is 9.78. The fraction of sp³-hybridized carbons (Fsp3) is 0.375. The lowest BCUT2D eigenvalue weighted by Gasteiger charge is -2.23. The fourth-order valence-corrected chi connectivity index (χ4v) is 6.56. The number of benzene rings is 3. The smallest absolute Gasteiger partial charge is 0.323 e. The number of halogens is 1. The summed E-state index contributed by atoms with van der Waals surface area (Å²) < 4.78 is 18.8. The summed E-state index contributed by atoms with van der Waals surface area (Å²) in [7, 11) is 0. The average Bonchev–Trinajstić information content (AvgIpc) is 3.66. The number of nitrogens with zero attached hydrogens (tertiary/aromatic N) is 3. The summed E-state index contributed by atoms with van der Waals surface area (Å²) in [6.07, 6.45) is 6.65. The van der Waals surface area contributed by atoms with E-state index < -0.39 is 24.7 Å². The molecule has 11 heteroatoms. The molecule has 0 amide bonds. The zero-order chi connectivity index (χ0) is 36.3. The van der Waals surface area contributed by atoms with E-state index in [1.54, 1.807) is 31.3 Å². The van der Waals surface area contributed by atoms with Crippen molar-refractivity contribution in [2.45, 2.75) is 65.3 Å². The van der Waals surface area contributed by atoms with Crippen molar-refractivity contribution in [1.29, 1.82) is 5.26 Å². The van der Waals surface area contributed by atoms with Crippen LogP contribution in [0.1, 0.15) is 65.6 Å². The molecule has 4 aromatic rings. The van der Waals surface area contributed by atoms with Crippen LogP contribution >= 0.6 is 11.6 Å². The number of aromatic nitrogens is 1. The van der Waals surface area contributed by atoms with Crippen molar-refractivity contribution in [3.63, 3.8) is 0 Å². The van der Waals surface area contributed by atoms with Gasteiger partial charge in [0.2, 0.25) is 0 Å². The van der Waals surface area contributed by atoms with Crippen LogP contribution in [0.25, 0.3) is 11.1 Å². The summed E-state index contributed by atoms with van der Waals surface area (Å²) in [5.41, 5.74) is 6.98. The van der Waals surface area contributed by atoms with Crippen LogP contribution in [0.5, 0.6) is 17.2 Å². The molecular weight excluding hydrogens is 668 g/mol. The Bertz CT molecular complexity index is 1860. The van der Waals surface area contributed by atoms with Gasteiger partial charge in [-0.05, 0) is 99.1 Å². The minimum atomic E-state index is -1.19. The predicted molar refractivity (Wildman–Crippen MR) is 196 cm³/mol. The maximum atomic E-state index is 11.6. The second kappa shape index (κ2) is 18.0. The van der Waals surface area contributed by atoms with Gasteiger partial charge < -0.3 is 29.3 Å². The number of carboxylic acid groups (broad SMARTS) is 1. The van der Waals surface area contributed by atoms with Crippen LogP contribution < -0.4 is 19.5 Å². The van der Waals surface area contributed by atoms with E-state index in [1.165, 1.54) is 32.1 Å². The molecule has 0 saturated carbocycles. The Kier molecular flexibility index (Phi) is 13.3. The molecule has 2 atom stereocenters. The molecule has 1 aromatic heterocycles. The van der Waals surface area contributed by atoms with Crippen LogP contribution in [0.2, 0.25) is 5.02 Å². The number of ether oxygens (including phenoxy) is 3. The molecule has 3 aromatic carbocycles. The number of nitriles is 1. The van der Waals surface area contributed by atoms with Gasteiger partial charge in [0.1, 0.15) is 42.6 Å². The SMILES string of the molecule is Cc1c(COc2cc(OCc3cncc(C#N)c3)c(C(C)N[C@@H](CO)C(=O)O)cc2Cl)cccc1-c1cccc(OCCCN2CCCC2)c1C. The first-order chi connectivity index (χ1) is 24.7. The van der Waals surface area contributed by atoms with Gasteiger partial charge in [0.25, 0.3) is 0 Å². The third-order valence-corrected chi connectivity index (χ3v) is 9.55. The molecule has 0 radical (unpaired) electrons. The maximum Gasteiger partial charge on any atom is 0.323 e. The third-order valence-electron chi connectivity index (χ3n) is 9.26. The summed E-state index contributed by atoms with van der Waals surface area (Å²) in [6.45, 7) is 9.79. The Morgan fingerprint density at radius 3 is 2.43 bits per heavy atom. The van der Waals surface area contributed by atoms with E-state index in [1.807, 2.05) is 24.3 Å². The molecule has 1 fully saturated rings. The van der Waals surface area contributed by atoms with E-state index in [-0.39, 0.29) is 13.2 Å². The zero-order valence-corrected chi connectivity index (χ0v) is 30.1. The van der Waals surface area contributed by atoms with Crippen molar-refractivity contribution < 1.29 is 29.2 Å². The van der Waals surface area contributed by atoms with Gasteiger partial charge >= 0.3 is 5.97 Å². The quantitative estimate of drug-likeness (QED) is 0.0981. The second-order valence-corrected chi connectivity index (χ2v) is 13.2. The first-order valence-electron chi connectivity index (χ1n) is 17.2. The van der Waals surface area contributed by atoms with Crippen molar-refractivity contribution in [3.8, 4) is 34.4 Å². The molecule has 51 heavy (non-hydrogen) atoms. The molecule has 0 bridgehead atoms. The first kappa shape index (κ1) is 37.6. The summed E-state index contributed by atoms with van der Waals surface area (Å²) in [4.78, 5) is 18.2. The number of likely N-dealkylation sites (tertiary alicyclic amines) is 1. The van der Waals surface area contributed by atoms with Crippen molar-refractivity contribution in [3.05, 3.63) is 105 Å². The van der Waals surface area contributed by atoms with Crippen molar-refractivity contribution in [2.75, 3.05) is 32.8 Å².